The van der Waals surface area contributed by atoms with Crippen molar-refractivity contribution in [1.82, 2.24) is 4.98 Å². The highest BCUT2D eigenvalue weighted by Gasteiger charge is 2.21. The van der Waals surface area contributed by atoms with Crippen LogP contribution in [0.5, 0.6) is 0 Å². The first-order valence-corrected chi connectivity index (χ1v) is 8.27. The summed E-state index contributed by atoms with van der Waals surface area (Å²) in [7, 11) is 0. The molecule has 0 saturated heterocycles. The van der Waals surface area contributed by atoms with E-state index in [1.165, 1.54) is 23.5 Å². The van der Waals surface area contributed by atoms with Crippen molar-refractivity contribution in [3.8, 4) is 16.6 Å². The van der Waals surface area contributed by atoms with Crippen LogP contribution in [0.1, 0.15) is 32.3 Å². The number of nitrogens with one attached hydrogen (secondary N) is 1. The number of aromatic nitrogens is 1. The Kier molecular flexibility index (Phi) is 4.38. The summed E-state index contributed by atoms with van der Waals surface area (Å²) in [5.74, 6) is -0.00490. The molecule has 3 rings (SSSR count). The van der Waals surface area contributed by atoms with Crippen molar-refractivity contribution in [2.24, 2.45) is 0 Å². The fourth-order valence-electron chi connectivity index (χ4n) is 2.33. The van der Waals surface area contributed by atoms with Gasteiger partial charge in [0.2, 0.25) is 5.88 Å². The second-order valence-electron chi connectivity index (χ2n) is 5.49. The Morgan fingerprint density at radius 1 is 1.28 bits per heavy atom. The molecule has 0 saturated carbocycles. The van der Waals surface area contributed by atoms with Crippen molar-refractivity contribution >= 4 is 23.1 Å². The van der Waals surface area contributed by atoms with Gasteiger partial charge < -0.3 is 4.42 Å². The molecule has 3 aromatic rings. The van der Waals surface area contributed by atoms with E-state index in [0.29, 0.717) is 32.5 Å². The number of furan rings is 1. The first kappa shape index (κ1) is 16.9. The quantitative estimate of drug-likeness (QED) is 0.745. The van der Waals surface area contributed by atoms with E-state index in [-0.39, 0.29) is 11.7 Å². The Hall–Kier alpha value is -2.98. The number of carbonyl (C=O) groups is 1. The molecule has 0 fully saturated rings. The van der Waals surface area contributed by atoms with Gasteiger partial charge in [0.25, 0.3) is 5.91 Å². The van der Waals surface area contributed by atoms with Gasteiger partial charge in [-0.3, -0.25) is 10.1 Å². The Bertz CT molecular complexity index is 997. The topological polar surface area (TPSA) is 78.9 Å². The lowest BCUT2D eigenvalue weighted by atomic mass is 10.2. The van der Waals surface area contributed by atoms with Crippen molar-refractivity contribution in [2.45, 2.75) is 20.8 Å². The van der Waals surface area contributed by atoms with Gasteiger partial charge >= 0.3 is 0 Å². The second-order valence-corrected chi connectivity index (χ2v) is 6.49. The highest BCUT2D eigenvalue weighted by Crippen LogP contribution is 2.30. The minimum absolute atomic E-state index is 0.138. The molecule has 0 radical (unpaired) electrons. The van der Waals surface area contributed by atoms with E-state index >= 15 is 0 Å². The maximum absolute atomic E-state index is 13.0. The zero-order chi connectivity index (χ0) is 18.1. The number of halogens is 1. The number of nitriles is 1. The van der Waals surface area contributed by atoms with Gasteiger partial charge in [0.15, 0.2) is 0 Å². The summed E-state index contributed by atoms with van der Waals surface area (Å²) < 4.78 is 18.5. The zero-order valence-corrected chi connectivity index (χ0v) is 14.6. The predicted octanol–water partition coefficient (Wildman–Crippen LogP) is 4.59. The molecule has 0 aliphatic rings. The van der Waals surface area contributed by atoms with E-state index in [1.54, 1.807) is 32.9 Å². The van der Waals surface area contributed by atoms with Gasteiger partial charge in [-0.1, -0.05) is 0 Å². The van der Waals surface area contributed by atoms with Crippen molar-refractivity contribution in [2.75, 3.05) is 5.32 Å². The minimum Gasteiger partial charge on any atom is -0.444 e. The molecule has 0 spiro atoms. The number of carbonyl (C=O) groups excluding carboxylic acids is 1. The van der Waals surface area contributed by atoms with Crippen LogP contribution in [0.3, 0.4) is 0 Å². The standard InChI is InChI=1S/C18H14FN3O2S/c1-9-11(3)24-17(14(9)8-20)22-16(23)15-10(2)21-18(25-15)12-4-6-13(19)7-5-12/h4-7H,1-3H3,(H,22,23). The minimum atomic E-state index is -0.395. The van der Waals surface area contributed by atoms with Crippen molar-refractivity contribution in [1.29, 1.82) is 5.26 Å². The summed E-state index contributed by atoms with van der Waals surface area (Å²) in [5, 5.41) is 12.5. The van der Waals surface area contributed by atoms with Gasteiger partial charge in [0.1, 0.15) is 33.1 Å². The summed E-state index contributed by atoms with van der Waals surface area (Å²) >= 11 is 1.20. The Morgan fingerprint density at radius 2 is 1.96 bits per heavy atom. The predicted molar refractivity (Wildman–Crippen MR) is 93.1 cm³/mol. The summed E-state index contributed by atoms with van der Waals surface area (Å²) in [6.45, 7) is 5.22. The number of aryl methyl sites for hydroxylation is 2. The van der Waals surface area contributed by atoms with Gasteiger partial charge in [-0.15, -0.1) is 11.3 Å². The molecule has 5 nitrogen and oxygen atoms in total. The third-order valence-electron chi connectivity index (χ3n) is 3.82. The molecule has 0 bridgehead atoms. The second kappa shape index (κ2) is 6.49. The lowest BCUT2D eigenvalue weighted by molar-refractivity contribution is 0.102. The molecule has 0 unspecified atom stereocenters. The number of benzene rings is 1. The van der Waals surface area contributed by atoms with E-state index in [4.69, 9.17) is 4.42 Å². The number of hydrogen-bond acceptors (Lipinski definition) is 5. The van der Waals surface area contributed by atoms with Crippen LogP contribution < -0.4 is 5.32 Å². The van der Waals surface area contributed by atoms with Crippen LogP contribution >= 0.6 is 11.3 Å². The molecule has 1 aromatic carbocycles. The number of amides is 1. The summed E-state index contributed by atoms with van der Waals surface area (Å²) in [5.41, 5.74) is 2.30. The van der Waals surface area contributed by atoms with E-state index in [1.807, 2.05) is 6.07 Å². The molecule has 7 heteroatoms. The number of thiazole rings is 1. The zero-order valence-electron chi connectivity index (χ0n) is 13.8. The third kappa shape index (κ3) is 3.16. The van der Waals surface area contributed by atoms with E-state index in [2.05, 4.69) is 10.3 Å². The van der Waals surface area contributed by atoms with Crippen LogP contribution in [0.4, 0.5) is 10.3 Å². The van der Waals surface area contributed by atoms with Crippen LogP contribution in [0.2, 0.25) is 0 Å². The van der Waals surface area contributed by atoms with Crippen molar-refractivity contribution in [3.05, 3.63) is 57.5 Å². The Balaban J connectivity index is 1.90. The van der Waals surface area contributed by atoms with Gasteiger partial charge in [-0.05, 0) is 45.0 Å². The lowest BCUT2D eigenvalue weighted by Gasteiger charge is -2.00. The van der Waals surface area contributed by atoms with Gasteiger partial charge in [0.05, 0.1) is 5.69 Å². The molecule has 0 aliphatic carbocycles. The number of nitrogens with zero attached hydrogens (tertiary/aromatic N) is 2. The van der Waals surface area contributed by atoms with E-state index in [0.717, 1.165) is 5.56 Å². The molecule has 0 atom stereocenters. The summed E-state index contributed by atoms with van der Waals surface area (Å²) in [6, 6.07) is 7.96. The average Bonchev–Trinajstić information content (AvgIpc) is 3.09. The van der Waals surface area contributed by atoms with Crippen LogP contribution in [0.15, 0.2) is 28.7 Å². The van der Waals surface area contributed by atoms with Crippen LogP contribution in [0, 0.1) is 37.9 Å². The smallest absolute Gasteiger partial charge is 0.270 e. The maximum Gasteiger partial charge on any atom is 0.270 e. The molecule has 25 heavy (non-hydrogen) atoms. The van der Waals surface area contributed by atoms with E-state index in [9.17, 15) is 14.4 Å². The van der Waals surface area contributed by atoms with Crippen molar-refractivity contribution in [3.63, 3.8) is 0 Å². The van der Waals surface area contributed by atoms with Gasteiger partial charge in [0, 0.05) is 11.1 Å². The molecular formula is C18H14FN3O2S. The highest BCUT2D eigenvalue weighted by atomic mass is 32.1. The molecular weight excluding hydrogens is 341 g/mol. The van der Waals surface area contributed by atoms with Gasteiger partial charge in [-0.25, -0.2) is 9.37 Å². The van der Waals surface area contributed by atoms with Crippen LogP contribution in [0.25, 0.3) is 10.6 Å². The van der Waals surface area contributed by atoms with Crippen LogP contribution in [-0.2, 0) is 0 Å². The highest BCUT2D eigenvalue weighted by molar-refractivity contribution is 7.17. The summed E-state index contributed by atoms with van der Waals surface area (Å²) in [4.78, 5) is 17.3. The average molecular weight is 355 g/mol. The Morgan fingerprint density at radius 3 is 2.60 bits per heavy atom. The first-order chi connectivity index (χ1) is 11.9. The fourth-order valence-corrected chi connectivity index (χ4v) is 3.30. The summed E-state index contributed by atoms with van der Waals surface area (Å²) in [6.07, 6.45) is 0. The molecule has 1 N–H and O–H groups in total. The lowest BCUT2D eigenvalue weighted by Crippen LogP contribution is -2.11. The number of hydrogen-bond donors (Lipinski definition) is 1. The number of rotatable bonds is 3. The Labute approximate surface area is 147 Å². The van der Waals surface area contributed by atoms with Crippen molar-refractivity contribution < 1.29 is 13.6 Å². The van der Waals surface area contributed by atoms with Crippen LogP contribution in [-0.4, -0.2) is 10.9 Å². The fraction of sp³-hybridized carbons (Fsp3) is 0.167. The number of anilines is 1. The normalized spacial score (nSPS) is 10.5. The largest absolute Gasteiger partial charge is 0.444 e. The monoisotopic (exact) mass is 355 g/mol. The van der Waals surface area contributed by atoms with E-state index < -0.39 is 5.91 Å². The molecule has 1 amide bonds. The van der Waals surface area contributed by atoms with Gasteiger partial charge in [-0.2, -0.15) is 5.26 Å². The SMILES string of the molecule is Cc1nc(-c2ccc(F)cc2)sc1C(=O)Nc1oc(C)c(C)c1C#N. The third-order valence-corrected chi connectivity index (χ3v) is 5.02. The molecule has 0 aliphatic heterocycles. The first-order valence-electron chi connectivity index (χ1n) is 7.45. The maximum atomic E-state index is 13.0. The molecule has 2 heterocycles. The molecule has 2 aromatic heterocycles. The molecule has 126 valence electrons.